The first-order valence-corrected chi connectivity index (χ1v) is 7.13. The van der Waals surface area contributed by atoms with Gasteiger partial charge in [0.15, 0.2) is 0 Å². The maximum atomic E-state index is 5.91. The molecule has 2 rings (SSSR count). The lowest BCUT2D eigenvalue weighted by Crippen LogP contribution is -2.32. The number of benzene rings is 1. The second-order valence-corrected chi connectivity index (χ2v) is 4.83. The molecule has 1 aliphatic heterocycles. The van der Waals surface area contributed by atoms with Crippen LogP contribution in [-0.4, -0.2) is 32.4 Å². The number of anilines is 2. The average molecular weight is 264 g/mol. The van der Waals surface area contributed by atoms with E-state index < -0.39 is 0 Å². The molecule has 1 aromatic rings. The molecule has 0 radical (unpaired) electrons. The van der Waals surface area contributed by atoms with Crippen molar-refractivity contribution >= 4 is 11.4 Å². The van der Waals surface area contributed by atoms with E-state index in [0.29, 0.717) is 18.4 Å². The molecule has 0 spiro atoms. The molecule has 4 nitrogen and oxygen atoms in total. The Kier molecular flexibility index (Phi) is 4.91. The fourth-order valence-electron chi connectivity index (χ4n) is 2.45. The number of likely N-dealkylation sites (N-methyl/N-ethyl adjacent to an activating group) is 1. The van der Waals surface area contributed by atoms with Crippen molar-refractivity contribution in [3.8, 4) is 5.75 Å². The summed E-state index contributed by atoms with van der Waals surface area (Å²) < 4.78 is 11.3. The molecule has 0 aromatic heterocycles. The number of ether oxygens (including phenoxy) is 2. The highest BCUT2D eigenvalue weighted by Crippen LogP contribution is 2.28. The third-order valence-electron chi connectivity index (χ3n) is 3.49. The Labute approximate surface area is 115 Å². The highest BCUT2D eigenvalue weighted by atomic mass is 16.5. The Morgan fingerprint density at radius 3 is 2.89 bits per heavy atom. The molecule has 0 saturated carbocycles. The minimum atomic E-state index is 0.355. The minimum Gasteiger partial charge on any atom is -0.492 e. The quantitative estimate of drug-likeness (QED) is 0.802. The summed E-state index contributed by atoms with van der Waals surface area (Å²) in [6.07, 6.45) is 2.69. The van der Waals surface area contributed by atoms with Crippen molar-refractivity contribution < 1.29 is 9.47 Å². The van der Waals surface area contributed by atoms with Gasteiger partial charge in [-0.3, -0.25) is 0 Å². The minimum absolute atomic E-state index is 0.355. The first-order chi connectivity index (χ1) is 9.24. The van der Waals surface area contributed by atoms with E-state index in [-0.39, 0.29) is 0 Å². The molecule has 0 aliphatic carbocycles. The van der Waals surface area contributed by atoms with Crippen LogP contribution in [0.5, 0.6) is 5.75 Å². The van der Waals surface area contributed by atoms with Gasteiger partial charge < -0.3 is 20.1 Å². The normalized spacial score (nSPS) is 18.5. The second-order valence-electron chi connectivity index (χ2n) is 4.83. The number of nitrogens with zero attached hydrogens (tertiary/aromatic N) is 1. The summed E-state index contributed by atoms with van der Waals surface area (Å²) in [5, 5.41) is 0. The summed E-state index contributed by atoms with van der Waals surface area (Å²) in [4.78, 5) is 2.32. The predicted molar refractivity (Wildman–Crippen MR) is 78.9 cm³/mol. The maximum absolute atomic E-state index is 5.91. The van der Waals surface area contributed by atoms with Gasteiger partial charge in [0.25, 0.3) is 0 Å². The first kappa shape index (κ1) is 14.0. The Morgan fingerprint density at radius 1 is 1.42 bits per heavy atom. The highest BCUT2D eigenvalue weighted by Gasteiger charge is 2.19. The zero-order valence-corrected chi connectivity index (χ0v) is 11.9. The van der Waals surface area contributed by atoms with Gasteiger partial charge in [-0.05, 0) is 38.8 Å². The first-order valence-electron chi connectivity index (χ1n) is 7.13. The molecule has 1 aromatic carbocycles. The van der Waals surface area contributed by atoms with E-state index in [2.05, 4.69) is 17.9 Å². The SMILES string of the molecule is CCOc1cc(N(CC)CC2CCCO2)ccc1N. The van der Waals surface area contributed by atoms with Gasteiger partial charge in [-0.2, -0.15) is 0 Å². The number of nitrogen functional groups attached to an aromatic ring is 1. The molecule has 1 fully saturated rings. The zero-order valence-electron chi connectivity index (χ0n) is 11.9. The van der Waals surface area contributed by atoms with Crippen LogP contribution in [0.4, 0.5) is 11.4 Å². The highest BCUT2D eigenvalue weighted by molar-refractivity contribution is 5.62. The van der Waals surface area contributed by atoms with Gasteiger partial charge in [0.1, 0.15) is 5.75 Å². The molecule has 4 heteroatoms. The summed E-state index contributed by atoms with van der Waals surface area (Å²) >= 11 is 0. The standard InChI is InChI=1S/C15H24N2O2/c1-3-17(11-13-6-5-9-19-13)12-7-8-14(16)15(10-12)18-4-2/h7-8,10,13H,3-6,9,11,16H2,1-2H3. The molecule has 0 bridgehead atoms. The number of nitrogens with two attached hydrogens (primary N) is 1. The molecule has 2 N–H and O–H groups in total. The third-order valence-corrected chi connectivity index (χ3v) is 3.49. The molecule has 1 aliphatic rings. The van der Waals surface area contributed by atoms with Crippen molar-refractivity contribution in [1.29, 1.82) is 0 Å². The van der Waals surface area contributed by atoms with Crippen LogP contribution in [0.3, 0.4) is 0 Å². The summed E-state index contributed by atoms with van der Waals surface area (Å²) in [5.41, 5.74) is 7.75. The number of rotatable bonds is 6. The summed E-state index contributed by atoms with van der Waals surface area (Å²) in [6.45, 7) is 7.54. The fraction of sp³-hybridized carbons (Fsp3) is 0.600. The average Bonchev–Trinajstić information content (AvgIpc) is 2.92. The number of hydrogen-bond donors (Lipinski definition) is 1. The lowest BCUT2D eigenvalue weighted by atomic mass is 10.2. The van der Waals surface area contributed by atoms with Crippen molar-refractivity contribution in [2.75, 3.05) is 36.9 Å². The van der Waals surface area contributed by atoms with Crippen LogP contribution in [0.15, 0.2) is 18.2 Å². The molecule has 106 valence electrons. The van der Waals surface area contributed by atoms with Crippen LogP contribution in [0, 0.1) is 0 Å². The molecule has 1 heterocycles. The smallest absolute Gasteiger partial charge is 0.144 e. The summed E-state index contributed by atoms with van der Waals surface area (Å²) in [6, 6.07) is 5.99. The van der Waals surface area contributed by atoms with Gasteiger partial charge in [0, 0.05) is 31.5 Å². The monoisotopic (exact) mass is 264 g/mol. The van der Waals surface area contributed by atoms with E-state index in [9.17, 15) is 0 Å². The van der Waals surface area contributed by atoms with Crippen LogP contribution in [0.1, 0.15) is 26.7 Å². The molecular formula is C15H24N2O2. The van der Waals surface area contributed by atoms with Crippen molar-refractivity contribution in [2.45, 2.75) is 32.8 Å². The molecular weight excluding hydrogens is 240 g/mol. The van der Waals surface area contributed by atoms with Crippen LogP contribution < -0.4 is 15.4 Å². The van der Waals surface area contributed by atoms with Crippen LogP contribution in [0.2, 0.25) is 0 Å². The van der Waals surface area contributed by atoms with Gasteiger partial charge in [-0.15, -0.1) is 0 Å². The van der Waals surface area contributed by atoms with Gasteiger partial charge in [-0.25, -0.2) is 0 Å². The van der Waals surface area contributed by atoms with Crippen molar-refractivity contribution in [2.24, 2.45) is 0 Å². The van der Waals surface area contributed by atoms with Gasteiger partial charge in [-0.1, -0.05) is 0 Å². The van der Waals surface area contributed by atoms with Crippen molar-refractivity contribution in [3.05, 3.63) is 18.2 Å². The molecule has 1 atom stereocenters. The van der Waals surface area contributed by atoms with Crippen LogP contribution in [0.25, 0.3) is 0 Å². The second kappa shape index (κ2) is 6.66. The summed E-state index contributed by atoms with van der Waals surface area (Å²) in [5.74, 6) is 0.769. The molecule has 0 amide bonds. The van der Waals surface area contributed by atoms with Gasteiger partial charge in [0.05, 0.1) is 18.4 Å². The molecule has 1 unspecified atom stereocenters. The zero-order chi connectivity index (χ0) is 13.7. The fourth-order valence-corrected chi connectivity index (χ4v) is 2.45. The lowest BCUT2D eigenvalue weighted by Gasteiger charge is -2.26. The Morgan fingerprint density at radius 2 is 2.26 bits per heavy atom. The van der Waals surface area contributed by atoms with Crippen molar-refractivity contribution in [1.82, 2.24) is 0 Å². The van der Waals surface area contributed by atoms with Gasteiger partial charge in [0.2, 0.25) is 0 Å². The largest absolute Gasteiger partial charge is 0.492 e. The van der Waals surface area contributed by atoms with E-state index >= 15 is 0 Å². The lowest BCUT2D eigenvalue weighted by molar-refractivity contribution is 0.115. The third kappa shape index (κ3) is 3.53. The topological polar surface area (TPSA) is 47.7 Å². The molecule has 1 saturated heterocycles. The van der Waals surface area contributed by atoms with E-state index in [1.54, 1.807) is 0 Å². The predicted octanol–water partition coefficient (Wildman–Crippen LogP) is 2.67. The van der Waals surface area contributed by atoms with Gasteiger partial charge >= 0.3 is 0 Å². The van der Waals surface area contributed by atoms with Crippen LogP contribution >= 0.6 is 0 Å². The van der Waals surface area contributed by atoms with Crippen molar-refractivity contribution in [3.63, 3.8) is 0 Å². The Balaban J connectivity index is 2.10. The van der Waals surface area contributed by atoms with Crippen LogP contribution in [-0.2, 0) is 4.74 Å². The summed E-state index contributed by atoms with van der Waals surface area (Å²) in [7, 11) is 0. The Hall–Kier alpha value is -1.42. The number of hydrogen-bond acceptors (Lipinski definition) is 4. The van der Waals surface area contributed by atoms with E-state index in [1.807, 2.05) is 19.1 Å². The van der Waals surface area contributed by atoms with E-state index in [1.165, 1.54) is 6.42 Å². The Bertz CT molecular complexity index is 403. The maximum Gasteiger partial charge on any atom is 0.144 e. The van der Waals surface area contributed by atoms with E-state index in [0.717, 1.165) is 37.6 Å². The van der Waals surface area contributed by atoms with E-state index in [4.69, 9.17) is 15.2 Å². The molecule has 19 heavy (non-hydrogen) atoms.